The first-order valence-electron chi connectivity index (χ1n) is 9.08. The van der Waals surface area contributed by atoms with Crippen LogP contribution in [-0.4, -0.2) is 25.3 Å². The third-order valence-corrected chi connectivity index (χ3v) is 5.34. The Labute approximate surface area is 168 Å². The topological polar surface area (TPSA) is 35.5 Å². The van der Waals surface area contributed by atoms with E-state index >= 15 is 0 Å². The zero-order chi connectivity index (χ0) is 21.3. The number of halogens is 4. The van der Waals surface area contributed by atoms with Crippen LogP contribution in [0.1, 0.15) is 51.7 Å². The van der Waals surface area contributed by atoms with Crippen LogP contribution < -0.4 is 0 Å². The quantitative estimate of drug-likeness (QED) is 0.567. The summed E-state index contributed by atoms with van der Waals surface area (Å²) in [5, 5.41) is -0.369. The minimum Gasteiger partial charge on any atom is -0.466 e. The number of hydrogen-bond donors (Lipinski definition) is 0. The molecule has 0 fully saturated rings. The summed E-state index contributed by atoms with van der Waals surface area (Å²) in [5.41, 5.74) is -1.45. The first-order valence-corrected chi connectivity index (χ1v) is 9.46. The normalized spacial score (nSPS) is 23.3. The molecule has 0 N–H and O–H groups in total. The highest BCUT2D eigenvalue weighted by molar-refractivity contribution is 6.31. The van der Waals surface area contributed by atoms with Gasteiger partial charge < -0.3 is 9.47 Å². The van der Waals surface area contributed by atoms with E-state index < -0.39 is 23.1 Å². The van der Waals surface area contributed by atoms with Crippen LogP contribution in [-0.2, 0) is 25.9 Å². The number of carbonyl (C=O) groups excluding carboxylic acids is 1. The molecule has 7 heteroatoms. The van der Waals surface area contributed by atoms with Crippen molar-refractivity contribution < 1.29 is 27.4 Å². The molecule has 0 heterocycles. The highest BCUT2D eigenvalue weighted by Crippen LogP contribution is 2.46. The highest BCUT2D eigenvalue weighted by atomic mass is 35.5. The van der Waals surface area contributed by atoms with Crippen molar-refractivity contribution in [3.63, 3.8) is 0 Å². The second-order valence-corrected chi connectivity index (χ2v) is 8.77. The number of methoxy groups -OCH3 is 1. The van der Waals surface area contributed by atoms with Crippen LogP contribution in [0.5, 0.6) is 0 Å². The molecule has 1 aromatic carbocycles. The molecule has 0 aliphatic heterocycles. The van der Waals surface area contributed by atoms with Crippen molar-refractivity contribution >= 4 is 17.6 Å². The molecular weight excluding hydrogens is 393 g/mol. The summed E-state index contributed by atoms with van der Waals surface area (Å²) in [5.74, 6) is -0.483. The van der Waals surface area contributed by atoms with Crippen LogP contribution in [0, 0.1) is 5.92 Å². The third-order valence-electron chi connectivity index (χ3n) is 5.01. The molecule has 0 amide bonds. The fourth-order valence-corrected chi connectivity index (χ4v) is 3.78. The van der Waals surface area contributed by atoms with Gasteiger partial charge in [-0.25, -0.2) is 4.79 Å². The largest absolute Gasteiger partial charge is 0.466 e. The first-order chi connectivity index (χ1) is 12.8. The van der Waals surface area contributed by atoms with Crippen LogP contribution in [0.2, 0.25) is 5.02 Å². The zero-order valence-corrected chi connectivity index (χ0v) is 17.5. The number of hydrogen-bond acceptors (Lipinski definition) is 3. The first kappa shape index (κ1) is 22.8. The SMILES string of the molecule is COC(=O)C1=CCC(COC(C)(C)C)CC1(C)c1ccc(Cl)c(C(F)(F)F)c1. The molecule has 1 aromatic rings. The van der Waals surface area contributed by atoms with Crippen molar-refractivity contribution in [1.29, 1.82) is 0 Å². The number of alkyl halides is 3. The molecule has 0 saturated heterocycles. The third kappa shape index (κ3) is 5.09. The molecule has 2 rings (SSSR count). The van der Waals surface area contributed by atoms with E-state index in [9.17, 15) is 18.0 Å². The van der Waals surface area contributed by atoms with Gasteiger partial charge in [0, 0.05) is 11.0 Å². The lowest BCUT2D eigenvalue weighted by Crippen LogP contribution is -2.37. The van der Waals surface area contributed by atoms with Gasteiger partial charge in [0.05, 0.1) is 29.9 Å². The molecule has 156 valence electrons. The van der Waals surface area contributed by atoms with E-state index in [2.05, 4.69) is 0 Å². The van der Waals surface area contributed by atoms with Gasteiger partial charge >= 0.3 is 12.1 Å². The van der Waals surface area contributed by atoms with Crippen molar-refractivity contribution in [2.24, 2.45) is 5.92 Å². The fraction of sp³-hybridized carbons (Fsp3) is 0.571. The average molecular weight is 419 g/mol. The second kappa shape index (κ2) is 8.07. The summed E-state index contributed by atoms with van der Waals surface area (Å²) >= 11 is 5.77. The van der Waals surface area contributed by atoms with Crippen LogP contribution >= 0.6 is 11.6 Å². The maximum atomic E-state index is 13.4. The van der Waals surface area contributed by atoms with E-state index in [1.54, 1.807) is 19.1 Å². The van der Waals surface area contributed by atoms with E-state index in [1.165, 1.54) is 13.2 Å². The summed E-state index contributed by atoms with van der Waals surface area (Å²) in [6.45, 7) is 8.05. The van der Waals surface area contributed by atoms with E-state index in [-0.39, 0.29) is 16.5 Å². The van der Waals surface area contributed by atoms with E-state index in [4.69, 9.17) is 21.1 Å². The lowest BCUT2D eigenvalue weighted by atomic mass is 9.66. The number of allylic oxidation sites excluding steroid dienone is 1. The van der Waals surface area contributed by atoms with Gasteiger partial charge in [-0.15, -0.1) is 0 Å². The maximum absolute atomic E-state index is 13.4. The Morgan fingerprint density at radius 1 is 1.29 bits per heavy atom. The van der Waals surface area contributed by atoms with Gasteiger partial charge in [-0.3, -0.25) is 0 Å². The number of benzene rings is 1. The number of carbonyl (C=O) groups is 1. The Bertz CT molecular complexity index is 765. The molecule has 0 bridgehead atoms. The molecule has 28 heavy (non-hydrogen) atoms. The number of ether oxygens (including phenoxy) is 2. The fourth-order valence-electron chi connectivity index (χ4n) is 3.55. The van der Waals surface area contributed by atoms with Crippen molar-refractivity contribution in [3.8, 4) is 0 Å². The molecular formula is C21H26ClF3O3. The Morgan fingerprint density at radius 3 is 2.46 bits per heavy atom. The molecule has 1 aliphatic rings. The van der Waals surface area contributed by atoms with Gasteiger partial charge in [0.25, 0.3) is 0 Å². The van der Waals surface area contributed by atoms with E-state index in [0.29, 0.717) is 30.6 Å². The van der Waals surface area contributed by atoms with Gasteiger partial charge in [0.1, 0.15) is 0 Å². The lowest BCUT2D eigenvalue weighted by Gasteiger charge is -2.39. The molecule has 3 nitrogen and oxygen atoms in total. The number of rotatable bonds is 4. The standard InChI is InChI=1S/C21H26ClF3O3/c1-19(2,3)28-12-13-6-8-15(18(26)27-5)20(4,11-13)14-7-9-17(22)16(10-14)21(23,24)25/h7-10,13H,6,11-12H2,1-5H3. The van der Waals surface area contributed by atoms with Gasteiger partial charge in [0.15, 0.2) is 0 Å². The van der Waals surface area contributed by atoms with Gasteiger partial charge in [0.2, 0.25) is 0 Å². The molecule has 0 spiro atoms. The Balaban J connectivity index is 2.48. The van der Waals surface area contributed by atoms with E-state index in [1.807, 2.05) is 20.8 Å². The maximum Gasteiger partial charge on any atom is 0.417 e. The number of esters is 1. The predicted octanol–water partition coefficient (Wildman–Crippen LogP) is 5.94. The Morgan fingerprint density at radius 2 is 1.93 bits per heavy atom. The van der Waals surface area contributed by atoms with Crippen LogP contribution in [0.4, 0.5) is 13.2 Å². The van der Waals surface area contributed by atoms with Crippen LogP contribution in [0.15, 0.2) is 29.8 Å². The summed E-state index contributed by atoms with van der Waals surface area (Å²) in [4.78, 5) is 12.4. The monoisotopic (exact) mass is 418 g/mol. The van der Waals surface area contributed by atoms with Gasteiger partial charge in [-0.05, 0) is 57.2 Å². The molecule has 0 aromatic heterocycles. The molecule has 2 atom stereocenters. The minimum absolute atomic E-state index is 0.0580. The molecule has 0 radical (unpaired) electrons. The van der Waals surface area contributed by atoms with Crippen molar-refractivity contribution in [1.82, 2.24) is 0 Å². The van der Waals surface area contributed by atoms with Gasteiger partial charge in [-0.2, -0.15) is 13.2 Å². The minimum atomic E-state index is -4.58. The molecule has 1 aliphatic carbocycles. The van der Waals surface area contributed by atoms with Crippen molar-refractivity contribution in [2.45, 2.75) is 57.7 Å². The second-order valence-electron chi connectivity index (χ2n) is 8.36. The molecule has 0 saturated carbocycles. The predicted molar refractivity (Wildman–Crippen MR) is 102 cm³/mol. The summed E-state index contributed by atoms with van der Waals surface area (Å²) in [7, 11) is 1.27. The Kier molecular flexibility index (Phi) is 6.56. The average Bonchev–Trinajstić information content (AvgIpc) is 2.58. The van der Waals surface area contributed by atoms with Crippen LogP contribution in [0.25, 0.3) is 0 Å². The molecule has 2 unspecified atom stereocenters. The Hall–Kier alpha value is -1.53. The van der Waals surface area contributed by atoms with E-state index in [0.717, 1.165) is 6.07 Å². The van der Waals surface area contributed by atoms with Crippen molar-refractivity contribution in [2.75, 3.05) is 13.7 Å². The summed E-state index contributed by atoms with van der Waals surface area (Å²) in [6.07, 6.45) is -1.77. The lowest BCUT2D eigenvalue weighted by molar-refractivity contribution is -0.137. The van der Waals surface area contributed by atoms with Gasteiger partial charge in [-0.1, -0.05) is 30.7 Å². The van der Waals surface area contributed by atoms with Crippen molar-refractivity contribution in [3.05, 3.63) is 46.0 Å². The highest BCUT2D eigenvalue weighted by Gasteiger charge is 2.42. The van der Waals surface area contributed by atoms with Crippen LogP contribution in [0.3, 0.4) is 0 Å². The smallest absolute Gasteiger partial charge is 0.417 e. The summed E-state index contributed by atoms with van der Waals surface area (Å²) < 4.78 is 50.8. The zero-order valence-electron chi connectivity index (χ0n) is 16.7. The summed E-state index contributed by atoms with van der Waals surface area (Å²) in [6, 6.07) is 3.81.